The quantitative estimate of drug-likeness (QED) is 0.710. The molecule has 26 heavy (non-hydrogen) atoms. The van der Waals surface area contributed by atoms with Crippen LogP contribution in [0.25, 0.3) is 11.4 Å². The van der Waals surface area contributed by atoms with Crippen molar-refractivity contribution in [2.24, 2.45) is 11.7 Å². The molecule has 7 heteroatoms. The van der Waals surface area contributed by atoms with Gasteiger partial charge in [0.1, 0.15) is 0 Å². The van der Waals surface area contributed by atoms with Crippen molar-refractivity contribution >= 4 is 12.4 Å². The van der Waals surface area contributed by atoms with E-state index in [-0.39, 0.29) is 12.4 Å². The summed E-state index contributed by atoms with van der Waals surface area (Å²) in [4.78, 5) is 4.54. The lowest BCUT2D eigenvalue weighted by Crippen LogP contribution is -2.08. The van der Waals surface area contributed by atoms with E-state index in [1.165, 1.54) is 5.69 Å². The summed E-state index contributed by atoms with van der Waals surface area (Å²) in [5, 5.41) is 8.75. The number of nitrogens with zero attached hydrogens (tertiary/aromatic N) is 4. The Kier molecular flexibility index (Phi) is 6.56. The van der Waals surface area contributed by atoms with Gasteiger partial charge in [0.15, 0.2) is 0 Å². The Morgan fingerprint density at radius 3 is 2.46 bits per heavy atom. The van der Waals surface area contributed by atoms with Crippen LogP contribution in [0.3, 0.4) is 0 Å². The van der Waals surface area contributed by atoms with Gasteiger partial charge in [0, 0.05) is 29.9 Å². The summed E-state index contributed by atoms with van der Waals surface area (Å²) in [5.74, 6) is 1.76. The van der Waals surface area contributed by atoms with Gasteiger partial charge in [-0.2, -0.15) is 10.1 Å². The third kappa shape index (κ3) is 4.31. The molecular weight excluding hydrogens is 350 g/mol. The van der Waals surface area contributed by atoms with Gasteiger partial charge in [0.05, 0.1) is 12.1 Å². The normalized spacial score (nSPS) is 11.0. The van der Waals surface area contributed by atoms with E-state index in [2.05, 4.69) is 40.7 Å². The summed E-state index contributed by atoms with van der Waals surface area (Å²) in [5.41, 5.74) is 11.0. The van der Waals surface area contributed by atoms with E-state index in [9.17, 15) is 0 Å². The summed E-state index contributed by atoms with van der Waals surface area (Å²) in [7, 11) is 0. The highest BCUT2D eigenvalue weighted by Crippen LogP contribution is 2.21. The van der Waals surface area contributed by atoms with Crippen molar-refractivity contribution in [1.82, 2.24) is 19.9 Å². The minimum absolute atomic E-state index is 0. The van der Waals surface area contributed by atoms with Crippen LogP contribution < -0.4 is 5.73 Å². The van der Waals surface area contributed by atoms with Gasteiger partial charge >= 0.3 is 0 Å². The monoisotopic (exact) mass is 375 g/mol. The van der Waals surface area contributed by atoms with Gasteiger partial charge in [0.2, 0.25) is 11.7 Å². The van der Waals surface area contributed by atoms with Crippen molar-refractivity contribution in [3.63, 3.8) is 0 Å². The molecular formula is C19H26ClN5O. The third-order valence-corrected chi connectivity index (χ3v) is 4.31. The minimum atomic E-state index is 0. The fraction of sp³-hybridized carbons (Fsp3) is 0.421. The second-order valence-electron chi connectivity index (χ2n) is 6.81. The molecule has 0 bridgehead atoms. The fourth-order valence-electron chi connectivity index (χ4n) is 2.90. The predicted molar refractivity (Wildman–Crippen MR) is 104 cm³/mol. The predicted octanol–water partition coefficient (Wildman–Crippen LogP) is 3.68. The summed E-state index contributed by atoms with van der Waals surface area (Å²) >= 11 is 0. The van der Waals surface area contributed by atoms with Crippen LogP contribution in [0.5, 0.6) is 0 Å². The number of nitrogens with two attached hydrogens (primary N) is 1. The topological polar surface area (TPSA) is 82.8 Å². The molecule has 2 aromatic heterocycles. The van der Waals surface area contributed by atoms with Gasteiger partial charge < -0.3 is 10.3 Å². The molecule has 0 amide bonds. The minimum Gasteiger partial charge on any atom is -0.339 e. The number of rotatable bonds is 6. The van der Waals surface area contributed by atoms with Gasteiger partial charge in [-0.3, -0.25) is 4.68 Å². The molecule has 140 valence electrons. The Labute approximate surface area is 160 Å². The van der Waals surface area contributed by atoms with Gasteiger partial charge in [-0.25, -0.2) is 0 Å². The van der Waals surface area contributed by atoms with Gasteiger partial charge in [-0.05, 0) is 25.3 Å². The van der Waals surface area contributed by atoms with Crippen LogP contribution in [0, 0.1) is 19.8 Å². The number of hydrogen-bond acceptors (Lipinski definition) is 5. The number of benzene rings is 1. The van der Waals surface area contributed by atoms with Crippen molar-refractivity contribution in [2.45, 2.75) is 47.2 Å². The molecule has 0 atom stereocenters. The standard InChI is InChI=1S/C19H25N5O.ClH/c1-12(2)11-24-14(4)17(13(3)22-24)9-18-21-19(23-25-18)16-7-5-15(10-20)6-8-16;/h5-8,12H,9-11,20H2,1-4H3;1H. The van der Waals surface area contributed by atoms with E-state index < -0.39 is 0 Å². The molecule has 0 saturated carbocycles. The first-order chi connectivity index (χ1) is 12.0. The smallest absolute Gasteiger partial charge is 0.231 e. The van der Waals surface area contributed by atoms with Crippen molar-refractivity contribution in [2.75, 3.05) is 0 Å². The maximum absolute atomic E-state index is 5.63. The molecule has 6 nitrogen and oxygen atoms in total. The molecule has 0 aliphatic rings. The van der Waals surface area contributed by atoms with E-state index in [0.717, 1.165) is 28.9 Å². The zero-order valence-corrected chi connectivity index (χ0v) is 16.5. The first-order valence-corrected chi connectivity index (χ1v) is 8.62. The van der Waals surface area contributed by atoms with Crippen molar-refractivity contribution < 1.29 is 4.52 Å². The van der Waals surface area contributed by atoms with Crippen LogP contribution in [-0.4, -0.2) is 19.9 Å². The molecule has 2 heterocycles. The van der Waals surface area contributed by atoms with Gasteiger partial charge in [-0.1, -0.05) is 43.3 Å². The fourth-order valence-corrected chi connectivity index (χ4v) is 2.90. The van der Waals surface area contributed by atoms with E-state index in [1.54, 1.807) is 0 Å². The Balaban J connectivity index is 0.00000243. The molecule has 1 aromatic carbocycles. The summed E-state index contributed by atoms with van der Waals surface area (Å²) in [6.07, 6.45) is 0.601. The molecule has 0 radical (unpaired) electrons. The average molecular weight is 376 g/mol. The summed E-state index contributed by atoms with van der Waals surface area (Å²) in [6.45, 7) is 9.95. The second kappa shape index (κ2) is 8.47. The van der Waals surface area contributed by atoms with Crippen LogP contribution >= 0.6 is 12.4 Å². The molecule has 0 aliphatic carbocycles. The van der Waals surface area contributed by atoms with Crippen molar-refractivity contribution in [1.29, 1.82) is 0 Å². The van der Waals surface area contributed by atoms with Gasteiger partial charge in [-0.15, -0.1) is 12.4 Å². The van der Waals surface area contributed by atoms with E-state index in [4.69, 9.17) is 10.3 Å². The highest BCUT2D eigenvalue weighted by molar-refractivity contribution is 5.85. The molecule has 2 N–H and O–H groups in total. The van der Waals surface area contributed by atoms with Crippen molar-refractivity contribution in [3.8, 4) is 11.4 Å². The molecule has 0 aliphatic heterocycles. The third-order valence-electron chi connectivity index (χ3n) is 4.31. The zero-order valence-electron chi connectivity index (χ0n) is 15.7. The van der Waals surface area contributed by atoms with E-state index in [1.807, 2.05) is 31.2 Å². The number of hydrogen-bond donors (Lipinski definition) is 1. The number of halogens is 1. The lowest BCUT2D eigenvalue weighted by molar-refractivity contribution is 0.385. The Morgan fingerprint density at radius 2 is 1.85 bits per heavy atom. The zero-order chi connectivity index (χ0) is 18.0. The summed E-state index contributed by atoms with van der Waals surface area (Å²) < 4.78 is 7.52. The molecule has 0 unspecified atom stereocenters. The number of aromatic nitrogens is 4. The van der Waals surface area contributed by atoms with Crippen LogP contribution in [0.15, 0.2) is 28.8 Å². The molecule has 0 fully saturated rings. The van der Waals surface area contributed by atoms with E-state index in [0.29, 0.717) is 30.6 Å². The van der Waals surface area contributed by atoms with Gasteiger partial charge in [0.25, 0.3) is 0 Å². The molecule has 3 aromatic rings. The van der Waals surface area contributed by atoms with Crippen molar-refractivity contribution in [3.05, 3.63) is 52.7 Å². The lowest BCUT2D eigenvalue weighted by atomic mass is 10.1. The lowest BCUT2D eigenvalue weighted by Gasteiger charge is -2.07. The van der Waals surface area contributed by atoms with Crippen LogP contribution in [0.4, 0.5) is 0 Å². The molecule has 3 rings (SSSR count). The SMILES string of the molecule is Cc1nn(CC(C)C)c(C)c1Cc1nc(-c2ccc(CN)cc2)no1.Cl. The Bertz CT molecular complexity index is 851. The Morgan fingerprint density at radius 1 is 1.15 bits per heavy atom. The highest BCUT2D eigenvalue weighted by Gasteiger charge is 2.16. The molecule has 0 spiro atoms. The maximum Gasteiger partial charge on any atom is 0.231 e. The molecule has 0 saturated heterocycles. The largest absolute Gasteiger partial charge is 0.339 e. The maximum atomic E-state index is 5.63. The first kappa shape index (κ1) is 20.1. The van der Waals surface area contributed by atoms with Crippen LogP contribution in [0.2, 0.25) is 0 Å². The van der Waals surface area contributed by atoms with E-state index >= 15 is 0 Å². The second-order valence-corrected chi connectivity index (χ2v) is 6.81. The summed E-state index contributed by atoms with van der Waals surface area (Å²) in [6, 6.07) is 7.90. The van der Waals surface area contributed by atoms with Crippen LogP contribution in [0.1, 0.15) is 42.3 Å². The van der Waals surface area contributed by atoms with Crippen LogP contribution in [-0.2, 0) is 19.5 Å². The first-order valence-electron chi connectivity index (χ1n) is 8.62. The average Bonchev–Trinajstić information content (AvgIpc) is 3.15. The Hall–Kier alpha value is -2.18. The highest BCUT2D eigenvalue weighted by atomic mass is 35.5. The number of aryl methyl sites for hydroxylation is 1.